The first-order valence-corrected chi connectivity index (χ1v) is 6.15. The van der Waals surface area contributed by atoms with E-state index in [1.807, 2.05) is 24.3 Å². The maximum atomic E-state index is 9.77. The first-order chi connectivity index (χ1) is 8.69. The van der Waals surface area contributed by atoms with Gasteiger partial charge in [-0.3, -0.25) is 4.99 Å². The molecule has 2 aromatic rings. The van der Waals surface area contributed by atoms with E-state index >= 15 is 0 Å². The summed E-state index contributed by atoms with van der Waals surface area (Å²) in [6.45, 7) is 0. The van der Waals surface area contributed by atoms with Crippen molar-refractivity contribution < 1.29 is 9.84 Å². The standard InChI is InChI=1S/C14H12BrNO2/c1-18-13-7-2-10(14(17)8-13)9-16-12-5-3-11(15)4-6-12/h2-9,17H,1H3. The molecule has 0 heterocycles. The Kier molecular flexibility index (Phi) is 3.99. The van der Waals surface area contributed by atoms with E-state index in [0.717, 1.165) is 10.2 Å². The van der Waals surface area contributed by atoms with Crippen molar-refractivity contribution in [2.75, 3.05) is 7.11 Å². The van der Waals surface area contributed by atoms with Crippen molar-refractivity contribution in [1.82, 2.24) is 0 Å². The Morgan fingerprint density at radius 3 is 2.50 bits per heavy atom. The van der Waals surface area contributed by atoms with Crippen LogP contribution in [0.1, 0.15) is 5.56 Å². The van der Waals surface area contributed by atoms with E-state index in [-0.39, 0.29) is 5.75 Å². The second kappa shape index (κ2) is 5.69. The minimum Gasteiger partial charge on any atom is -0.507 e. The summed E-state index contributed by atoms with van der Waals surface area (Å²) in [5.74, 6) is 0.767. The van der Waals surface area contributed by atoms with E-state index in [4.69, 9.17) is 4.74 Å². The molecule has 0 unspecified atom stereocenters. The van der Waals surface area contributed by atoms with Crippen LogP contribution < -0.4 is 4.74 Å². The zero-order valence-electron chi connectivity index (χ0n) is 9.80. The fourth-order valence-corrected chi connectivity index (χ4v) is 1.70. The van der Waals surface area contributed by atoms with Crippen LogP contribution in [0.2, 0.25) is 0 Å². The van der Waals surface area contributed by atoms with Crippen molar-refractivity contribution in [3.8, 4) is 11.5 Å². The number of nitrogens with zero attached hydrogens (tertiary/aromatic N) is 1. The van der Waals surface area contributed by atoms with Crippen LogP contribution in [0.25, 0.3) is 0 Å². The molecule has 92 valence electrons. The van der Waals surface area contributed by atoms with Crippen LogP contribution in [-0.4, -0.2) is 18.4 Å². The van der Waals surface area contributed by atoms with Crippen molar-refractivity contribution in [3.05, 3.63) is 52.5 Å². The average molecular weight is 306 g/mol. The molecule has 0 radical (unpaired) electrons. The van der Waals surface area contributed by atoms with Gasteiger partial charge in [-0.25, -0.2) is 0 Å². The molecular weight excluding hydrogens is 294 g/mol. The Hall–Kier alpha value is -1.81. The number of aliphatic imine (C=N–C) groups is 1. The molecule has 0 aliphatic rings. The number of aromatic hydroxyl groups is 1. The fraction of sp³-hybridized carbons (Fsp3) is 0.0714. The maximum Gasteiger partial charge on any atom is 0.128 e. The highest BCUT2D eigenvalue weighted by Gasteiger charge is 2.00. The van der Waals surface area contributed by atoms with Crippen LogP contribution in [0.5, 0.6) is 11.5 Å². The molecule has 0 aliphatic heterocycles. The average Bonchev–Trinajstić information content (AvgIpc) is 2.39. The van der Waals surface area contributed by atoms with Crippen molar-refractivity contribution in [1.29, 1.82) is 0 Å². The summed E-state index contributed by atoms with van der Waals surface area (Å²) in [5, 5.41) is 9.77. The lowest BCUT2D eigenvalue weighted by molar-refractivity contribution is 0.407. The summed E-state index contributed by atoms with van der Waals surface area (Å²) in [6, 6.07) is 12.7. The van der Waals surface area contributed by atoms with Crippen LogP contribution in [0.4, 0.5) is 5.69 Å². The van der Waals surface area contributed by atoms with Crippen LogP contribution >= 0.6 is 15.9 Å². The molecule has 0 bridgehead atoms. The lowest BCUT2D eigenvalue weighted by atomic mass is 10.2. The number of hydrogen-bond donors (Lipinski definition) is 1. The molecule has 0 saturated heterocycles. The third kappa shape index (κ3) is 3.11. The van der Waals surface area contributed by atoms with Crippen molar-refractivity contribution in [2.24, 2.45) is 4.99 Å². The fourth-order valence-electron chi connectivity index (χ4n) is 1.43. The summed E-state index contributed by atoms with van der Waals surface area (Å²) in [6.07, 6.45) is 1.62. The van der Waals surface area contributed by atoms with Gasteiger partial charge in [0.25, 0.3) is 0 Å². The van der Waals surface area contributed by atoms with Gasteiger partial charge in [-0.1, -0.05) is 15.9 Å². The van der Waals surface area contributed by atoms with E-state index in [2.05, 4.69) is 20.9 Å². The molecule has 4 heteroatoms. The Balaban J connectivity index is 2.20. The van der Waals surface area contributed by atoms with E-state index in [0.29, 0.717) is 11.3 Å². The summed E-state index contributed by atoms with van der Waals surface area (Å²) in [7, 11) is 1.56. The predicted molar refractivity (Wildman–Crippen MR) is 76.1 cm³/mol. The van der Waals surface area contributed by atoms with Gasteiger partial charge >= 0.3 is 0 Å². The molecule has 0 amide bonds. The van der Waals surface area contributed by atoms with Gasteiger partial charge < -0.3 is 9.84 Å². The third-order valence-electron chi connectivity index (χ3n) is 2.42. The predicted octanol–water partition coefficient (Wildman–Crippen LogP) is 3.91. The zero-order chi connectivity index (χ0) is 13.0. The lowest BCUT2D eigenvalue weighted by Crippen LogP contribution is -1.86. The SMILES string of the molecule is COc1ccc(C=Nc2ccc(Br)cc2)c(O)c1. The van der Waals surface area contributed by atoms with Gasteiger partial charge in [0.2, 0.25) is 0 Å². The summed E-state index contributed by atoms with van der Waals surface area (Å²) < 4.78 is 6.02. The number of methoxy groups -OCH3 is 1. The quantitative estimate of drug-likeness (QED) is 0.873. The van der Waals surface area contributed by atoms with Crippen molar-refractivity contribution in [3.63, 3.8) is 0 Å². The summed E-state index contributed by atoms with van der Waals surface area (Å²) >= 11 is 3.36. The van der Waals surface area contributed by atoms with Gasteiger partial charge in [-0.05, 0) is 36.4 Å². The monoisotopic (exact) mass is 305 g/mol. The number of halogens is 1. The maximum absolute atomic E-state index is 9.77. The number of ether oxygens (including phenoxy) is 1. The second-order valence-corrected chi connectivity index (χ2v) is 4.58. The van der Waals surface area contributed by atoms with Crippen LogP contribution in [0.3, 0.4) is 0 Å². The normalized spacial score (nSPS) is 10.8. The largest absolute Gasteiger partial charge is 0.507 e. The zero-order valence-corrected chi connectivity index (χ0v) is 11.4. The number of benzene rings is 2. The Bertz CT molecular complexity index is 565. The highest BCUT2D eigenvalue weighted by Crippen LogP contribution is 2.23. The Labute approximate surface area is 114 Å². The second-order valence-electron chi connectivity index (χ2n) is 3.66. The van der Waals surface area contributed by atoms with Crippen LogP contribution in [0, 0.1) is 0 Å². The van der Waals surface area contributed by atoms with E-state index in [1.54, 1.807) is 31.5 Å². The molecule has 0 aliphatic carbocycles. The minimum absolute atomic E-state index is 0.148. The molecule has 3 nitrogen and oxygen atoms in total. The first kappa shape index (κ1) is 12.6. The molecule has 2 rings (SSSR count). The van der Waals surface area contributed by atoms with Crippen molar-refractivity contribution in [2.45, 2.75) is 0 Å². The topological polar surface area (TPSA) is 41.8 Å². The van der Waals surface area contributed by atoms with Crippen molar-refractivity contribution >= 4 is 27.8 Å². The Morgan fingerprint density at radius 2 is 1.89 bits per heavy atom. The van der Waals surface area contributed by atoms with Gasteiger partial charge in [0, 0.05) is 22.3 Å². The molecule has 0 aromatic heterocycles. The lowest BCUT2D eigenvalue weighted by Gasteiger charge is -2.02. The molecule has 0 saturated carbocycles. The van der Waals surface area contributed by atoms with E-state index in [9.17, 15) is 5.11 Å². The third-order valence-corrected chi connectivity index (χ3v) is 2.95. The number of phenolic OH excluding ortho intramolecular Hbond substituents is 1. The van der Waals surface area contributed by atoms with Gasteiger partial charge in [0.15, 0.2) is 0 Å². The van der Waals surface area contributed by atoms with Gasteiger partial charge in [-0.2, -0.15) is 0 Å². The highest BCUT2D eigenvalue weighted by molar-refractivity contribution is 9.10. The number of rotatable bonds is 3. The van der Waals surface area contributed by atoms with Gasteiger partial charge in [0.1, 0.15) is 11.5 Å². The molecule has 0 atom stereocenters. The van der Waals surface area contributed by atoms with Crippen LogP contribution in [-0.2, 0) is 0 Å². The first-order valence-electron chi connectivity index (χ1n) is 5.35. The van der Waals surface area contributed by atoms with E-state index < -0.39 is 0 Å². The minimum atomic E-state index is 0.148. The molecule has 0 spiro atoms. The van der Waals surface area contributed by atoms with E-state index in [1.165, 1.54) is 0 Å². The molecule has 2 aromatic carbocycles. The highest BCUT2D eigenvalue weighted by atomic mass is 79.9. The van der Waals surface area contributed by atoms with Crippen LogP contribution in [0.15, 0.2) is 51.9 Å². The molecule has 0 fully saturated rings. The Morgan fingerprint density at radius 1 is 1.17 bits per heavy atom. The number of phenols is 1. The van der Waals surface area contributed by atoms with Gasteiger partial charge in [-0.15, -0.1) is 0 Å². The summed E-state index contributed by atoms with van der Waals surface area (Å²) in [4.78, 5) is 4.29. The molecule has 1 N–H and O–H groups in total. The van der Waals surface area contributed by atoms with Gasteiger partial charge in [0.05, 0.1) is 12.8 Å². The molecular formula is C14H12BrNO2. The summed E-state index contributed by atoms with van der Waals surface area (Å²) in [5.41, 5.74) is 1.48. The molecule has 18 heavy (non-hydrogen) atoms. The smallest absolute Gasteiger partial charge is 0.128 e. The number of hydrogen-bond acceptors (Lipinski definition) is 3.